The summed E-state index contributed by atoms with van der Waals surface area (Å²) in [7, 11) is 0. The third-order valence-corrected chi connectivity index (χ3v) is 3.46. The molecule has 102 valence electrons. The largest absolute Gasteiger partial charge is 0.485 e. The Morgan fingerprint density at radius 2 is 2.26 bits per heavy atom. The van der Waals surface area contributed by atoms with E-state index < -0.39 is 0 Å². The second-order valence-electron chi connectivity index (χ2n) is 4.39. The van der Waals surface area contributed by atoms with Gasteiger partial charge in [-0.2, -0.15) is 0 Å². The Hall–Kier alpha value is -1.33. The number of ether oxygens (including phenoxy) is 1. The van der Waals surface area contributed by atoms with Crippen molar-refractivity contribution >= 4 is 15.9 Å². The van der Waals surface area contributed by atoms with Crippen LogP contribution in [0.3, 0.4) is 0 Å². The lowest BCUT2D eigenvalue weighted by Crippen LogP contribution is -2.10. The van der Waals surface area contributed by atoms with Crippen molar-refractivity contribution in [1.29, 1.82) is 0 Å². The quantitative estimate of drug-likeness (QED) is 0.918. The Morgan fingerprint density at radius 1 is 1.47 bits per heavy atom. The number of aromatic nitrogens is 2. The van der Waals surface area contributed by atoms with Gasteiger partial charge in [0, 0.05) is 35.0 Å². The molecule has 1 aromatic heterocycles. The highest BCUT2D eigenvalue weighted by molar-refractivity contribution is 9.10. The number of hydrogen-bond donors (Lipinski definition) is 1. The summed E-state index contributed by atoms with van der Waals surface area (Å²) in [6.45, 7) is 5.36. The van der Waals surface area contributed by atoms with Gasteiger partial charge in [-0.3, -0.25) is 0 Å². The Morgan fingerprint density at radius 3 is 2.95 bits per heavy atom. The van der Waals surface area contributed by atoms with Crippen LogP contribution in [0.25, 0.3) is 0 Å². The summed E-state index contributed by atoms with van der Waals surface area (Å²) in [5.74, 6) is 1.72. The minimum atomic E-state index is -0.0611. The van der Waals surface area contributed by atoms with E-state index in [9.17, 15) is 0 Å². The molecule has 0 unspecified atom stereocenters. The van der Waals surface area contributed by atoms with Gasteiger partial charge in [-0.05, 0) is 26.0 Å². The van der Waals surface area contributed by atoms with Crippen LogP contribution in [0, 0.1) is 0 Å². The number of hydrogen-bond acceptors (Lipinski definition) is 3. The maximum Gasteiger partial charge on any atom is 0.146 e. The van der Waals surface area contributed by atoms with Gasteiger partial charge in [-0.15, -0.1) is 0 Å². The van der Waals surface area contributed by atoms with Crippen LogP contribution < -0.4 is 10.5 Å². The number of benzene rings is 1. The molecule has 0 saturated heterocycles. The molecule has 1 aromatic carbocycles. The lowest BCUT2D eigenvalue weighted by molar-refractivity contribution is 0.285. The summed E-state index contributed by atoms with van der Waals surface area (Å²) >= 11 is 3.45. The molecule has 19 heavy (non-hydrogen) atoms. The summed E-state index contributed by atoms with van der Waals surface area (Å²) in [6.07, 6.45) is 3.74. The molecule has 1 atom stereocenters. The topological polar surface area (TPSA) is 53.1 Å². The number of nitrogens with two attached hydrogens (primary N) is 1. The molecule has 2 aromatic rings. The van der Waals surface area contributed by atoms with Crippen molar-refractivity contribution in [2.45, 2.75) is 33.0 Å². The summed E-state index contributed by atoms with van der Waals surface area (Å²) < 4.78 is 8.91. The minimum absolute atomic E-state index is 0.0611. The van der Waals surface area contributed by atoms with E-state index >= 15 is 0 Å². The minimum Gasteiger partial charge on any atom is -0.485 e. The zero-order valence-electron chi connectivity index (χ0n) is 11.1. The Bertz CT molecular complexity index is 551. The van der Waals surface area contributed by atoms with Crippen molar-refractivity contribution < 1.29 is 4.74 Å². The maximum absolute atomic E-state index is 5.95. The van der Waals surface area contributed by atoms with Gasteiger partial charge in [0.2, 0.25) is 0 Å². The zero-order valence-corrected chi connectivity index (χ0v) is 12.7. The fourth-order valence-electron chi connectivity index (χ4n) is 1.92. The van der Waals surface area contributed by atoms with E-state index in [0.717, 1.165) is 28.2 Å². The lowest BCUT2D eigenvalue weighted by atomic mass is 10.1. The fourth-order valence-corrected chi connectivity index (χ4v) is 2.26. The molecule has 0 aliphatic carbocycles. The first-order chi connectivity index (χ1) is 9.11. The molecule has 0 amide bonds. The molecule has 4 nitrogen and oxygen atoms in total. The summed E-state index contributed by atoms with van der Waals surface area (Å²) in [6, 6.07) is 5.83. The van der Waals surface area contributed by atoms with Crippen LogP contribution >= 0.6 is 15.9 Å². The highest BCUT2D eigenvalue weighted by Crippen LogP contribution is 2.28. The van der Waals surface area contributed by atoms with Crippen LogP contribution in [0.2, 0.25) is 0 Å². The van der Waals surface area contributed by atoms with Gasteiger partial charge < -0.3 is 15.0 Å². The molecule has 1 heterocycles. The van der Waals surface area contributed by atoms with Crippen molar-refractivity contribution in [2.24, 2.45) is 5.73 Å². The van der Waals surface area contributed by atoms with E-state index in [1.165, 1.54) is 0 Å². The molecule has 0 bridgehead atoms. The van der Waals surface area contributed by atoms with Crippen LogP contribution in [0.4, 0.5) is 0 Å². The van der Waals surface area contributed by atoms with Crippen LogP contribution in [0.15, 0.2) is 35.1 Å². The van der Waals surface area contributed by atoms with Crippen LogP contribution in [0.1, 0.15) is 31.3 Å². The molecule has 0 fully saturated rings. The van der Waals surface area contributed by atoms with Gasteiger partial charge in [0.1, 0.15) is 18.2 Å². The van der Waals surface area contributed by atoms with E-state index in [-0.39, 0.29) is 6.04 Å². The number of rotatable bonds is 5. The van der Waals surface area contributed by atoms with Gasteiger partial charge in [0.05, 0.1) is 0 Å². The molecule has 0 aliphatic heterocycles. The van der Waals surface area contributed by atoms with Gasteiger partial charge in [-0.25, -0.2) is 4.98 Å². The molecule has 0 saturated carbocycles. The molecular weight excluding hydrogens is 306 g/mol. The first-order valence-corrected chi connectivity index (χ1v) is 7.09. The standard InChI is InChI=1S/C14H18BrN3O/c1-3-18-7-6-17-14(18)9-19-13-8-11(15)4-5-12(13)10(2)16/h4-8,10H,3,9,16H2,1-2H3/t10-/m0/s1. The molecule has 0 radical (unpaired) electrons. The highest BCUT2D eigenvalue weighted by atomic mass is 79.9. The predicted octanol–water partition coefficient (Wildman–Crippen LogP) is 3.26. The Balaban J connectivity index is 2.17. The van der Waals surface area contributed by atoms with E-state index in [2.05, 4.69) is 32.4 Å². The third-order valence-electron chi connectivity index (χ3n) is 2.97. The summed E-state index contributed by atoms with van der Waals surface area (Å²) in [5, 5.41) is 0. The average Bonchev–Trinajstić information content (AvgIpc) is 2.83. The molecular formula is C14H18BrN3O. The molecule has 0 spiro atoms. The summed E-state index contributed by atoms with van der Waals surface area (Å²) in [5.41, 5.74) is 6.95. The van der Waals surface area contributed by atoms with Gasteiger partial charge in [-0.1, -0.05) is 22.0 Å². The number of imidazole rings is 1. The van der Waals surface area contributed by atoms with E-state index in [1.54, 1.807) is 6.20 Å². The molecule has 2 rings (SSSR count). The van der Waals surface area contributed by atoms with Crippen LogP contribution in [0.5, 0.6) is 5.75 Å². The summed E-state index contributed by atoms with van der Waals surface area (Å²) in [4.78, 5) is 4.29. The van der Waals surface area contributed by atoms with E-state index in [1.807, 2.05) is 31.3 Å². The van der Waals surface area contributed by atoms with Gasteiger partial charge >= 0.3 is 0 Å². The number of halogens is 1. The first kappa shape index (κ1) is 14.1. The van der Waals surface area contributed by atoms with E-state index in [0.29, 0.717) is 6.61 Å². The molecule has 0 aliphatic rings. The van der Waals surface area contributed by atoms with Gasteiger partial charge in [0.25, 0.3) is 0 Å². The second-order valence-corrected chi connectivity index (χ2v) is 5.30. The fraction of sp³-hybridized carbons (Fsp3) is 0.357. The van der Waals surface area contributed by atoms with Crippen LogP contribution in [-0.4, -0.2) is 9.55 Å². The zero-order chi connectivity index (χ0) is 13.8. The maximum atomic E-state index is 5.95. The second kappa shape index (κ2) is 6.21. The van der Waals surface area contributed by atoms with Crippen molar-refractivity contribution in [3.63, 3.8) is 0 Å². The van der Waals surface area contributed by atoms with Crippen molar-refractivity contribution in [1.82, 2.24) is 9.55 Å². The number of aryl methyl sites for hydroxylation is 1. The normalized spacial score (nSPS) is 12.4. The van der Waals surface area contributed by atoms with Crippen LogP contribution in [-0.2, 0) is 13.2 Å². The predicted molar refractivity (Wildman–Crippen MR) is 79.0 cm³/mol. The number of nitrogens with zero attached hydrogens (tertiary/aromatic N) is 2. The third kappa shape index (κ3) is 3.36. The average molecular weight is 324 g/mol. The van der Waals surface area contributed by atoms with Crippen molar-refractivity contribution in [2.75, 3.05) is 0 Å². The lowest BCUT2D eigenvalue weighted by Gasteiger charge is -2.14. The van der Waals surface area contributed by atoms with Gasteiger partial charge in [0.15, 0.2) is 0 Å². The van der Waals surface area contributed by atoms with E-state index in [4.69, 9.17) is 10.5 Å². The Labute approximate surface area is 121 Å². The van der Waals surface area contributed by atoms with Crippen molar-refractivity contribution in [3.05, 3.63) is 46.5 Å². The Kier molecular flexibility index (Phi) is 4.61. The smallest absolute Gasteiger partial charge is 0.146 e. The molecule has 2 N–H and O–H groups in total. The SMILES string of the molecule is CCn1ccnc1COc1cc(Br)ccc1[C@H](C)N. The van der Waals surface area contributed by atoms with Crippen molar-refractivity contribution in [3.8, 4) is 5.75 Å². The highest BCUT2D eigenvalue weighted by Gasteiger charge is 2.10. The monoisotopic (exact) mass is 323 g/mol. The first-order valence-electron chi connectivity index (χ1n) is 6.29. The molecule has 5 heteroatoms.